The normalized spacial score (nSPS) is 11.5. The minimum absolute atomic E-state index is 0.121. The number of aryl methyl sites for hydroxylation is 1. The summed E-state index contributed by atoms with van der Waals surface area (Å²) in [6.45, 7) is 1.27. The zero-order valence-electron chi connectivity index (χ0n) is 11.0. The SMILES string of the molecule is Cc1cc(C(F)(F)F)ccc1OCc1ccc(F)cc1F. The minimum atomic E-state index is -4.42. The summed E-state index contributed by atoms with van der Waals surface area (Å²) in [4.78, 5) is 0. The van der Waals surface area contributed by atoms with Gasteiger partial charge in [-0.15, -0.1) is 0 Å². The summed E-state index contributed by atoms with van der Waals surface area (Å²) in [5.41, 5.74) is -0.372. The van der Waals surface area contributed by atoms with E-state index >= 15 is 0 Å². The molecule has 1 nitrogen and oxygen atoms in total. The summed E-state index contributed by atoms with van der Waals surface area (Å²) in [6, 6.07) is 6.06. The van der Waals surface area contributed by atoms with E-state index in [0.717, 1.165) is 24.3 Å². The Hall–Kier alpha value is -2.11. The Balaban J connectivity index is 2.13. The minimum Gasteiger partial charge on any atom is -0.489 e. The predicted molar refractivity (Wildman–Crippen MR) is 66.9 cm³/mol. The Kier molecular flexibility index (Phi) is 4.16. The number of hydrogen-bond donors (Lipinski definition) is 0. The summed E-state index contributed by atoms with van der Waals surface area (Å²) >= 11 is 0. The molecule has 0 atom stereocenters. The smallest absolute Gasteiger partial charge is 0.416 e. The molecule has 2 aromatic carbocycles. The first kappa shape index (κ1) is 15.3. The van der Waals surface area contributed by atoms with Crippen LogP contribution in [0.25, 0.3) is 0 Å². The fourth-order valence-electron chi connectivity index (χ4n) is 1.78. The topological polar surface area (TPSA) is 9.23 Å². The van der Waals surface area contributed by atoms with Crippen molar-refractivity contribution in [1.29, 1.82) is 0 Å². The van der Waals surface area contributed by atoms with Crippen molar-refractivity contribution < 1.29 is 26.7 Å². The van der Waals surface area contributed by atoms with Crippen LogP contribution in [0.1, 0.15) is 16.7 Å². The van der Waals surface area contributed by atoms with Gasteiger partial charge >= 0.3 is 6.18 Å². The molecule has 0 radical (unpaired) electrons. The summed E-state index contributed by atoms with van der Waals surface area (Å²) in [7, 11) is 0. The van der Waals surface area contributed by atoms with E-state index in [2.05, 4.69) is 0 Å². The van der Waals surface area contributed by atoms with Gasteiger partial charge in [0.15, 0.2) is 0 Å². The first-order chi connectivity index (χ1) is 9.77. The lowest BCUT2D eigenvalue weighted by Crippen LogP contribution is -2.06. The number of halogens is 5. The highest BCUT2D eigenvalue weighted by atomic mass is 19.4. The molecular formula is C15H11F5O. The first-order valence-corrected chi connectivity index (χ1v) is 6.02. The van der Waals surface area contributed by atoms with Gasteiger partial charge in [-0.25, -0.2) is 8.78 Å². The third-order valence-corrected chi connectivity index (χ3v) is 2.90. The van der Waals surface area contributed by atoms with Crippen molar-refractivity contribution in [2.45, 2.75) is 19.7 Å². The van der Waals surface area contributed by atoms with Crippen molar-refractivity contribution in [1.82, 2.24) is 0 Å². The molecule has 0 bridgehead atoms. The second-order valence-corrected chi connectivity index (χ2v) is 4.50. The molecule has 6 heteroatoms. The average Bonchev–Trinajstić information content (AvgIpc) is 2.38. The maximum atomic E-state index is 13.4. The summed E-state index contributed by atoms with van der Waals surface area (Å²) < 4.78 is 69.0. The van der Waals surface area contributed by atoms with E-state index in [-0.39, 0.29) is 23.5 Å². The zero-order valence-corrected chi connectivity index (χ0v) is 11.0. The van der Waals surface area contributed by atoms with Crippen molar-refractivity contribution in [3.8, 4) is 5.75 Å². The predicted octanol–water partition coefficient (Wildman–Crippen LogP) is 4.87. The third kappa shape index (κ3) is 3.71. The van der Waals surface area contributed by atoms with E-state index in [9.17, 15) is 22.0 Å². The van der Waals surface area contributed by atoms with Crippen molar-refractivity contribution in [2.24, 2.45) is 0 Å². The van der Waals surface area contributed by atoms with Crippen LogP contribution in [0.4, 0.5) is 22.0 Å². The largest absolute Gasteiger partial charge is 0.489 e. The van der Waals surface area contributed by atoms with E-state index in [1.54, 1.807) is 0 Å². The molecule has 2 rings (SSSR count). The highest BCUT2D eigenvalue weighted by Crippen LogP contribution is 2.32. The van der Waals surface area contributed by atoms with Crippen LogP contribution in [0.5, 0.6) is 5.75 Å². The lowest BCUT2D eigenvalue weighted by Gasteiger charge is -2.12. The second kappa shape index (κ2) is 5.71. The van der Waals surface area contributed by atoms with Crippen LogP contribution in [-0.4, -0.2) is 0 Å². The molecular weight excluding hydrogens is 291 g/mol. The van der Waals surface area contributed by atoms with Gasteiger partial charge in [0.05, 0.1) is 5.56 Å². The molecule has 0 fully saturated rings. The Labute approximate surface area is 118 Å². The molecule has 112 valence electrons. The van der Waals surface area contributed by atoms with Gasteiger partial charge in [-0.2, -0.15) is 13.2 Å². The molecule has 21 heavy (non-hydrogen) atoms. The Bertz CT molecular complexity index is 649. The molecule has 0 heterocycles. The van der Waals surface area contributed by atoms with Gasteiger partial charge in [0.2, 0.25) is 0 Å². The molecule has 0 saturated carbocycles. The highest BCUT2D eigenvalue weighted by molar-refractivity contribution is 5.37. The molecule has 0 amide bonds. The van der Waals surface area contributed by atoms with Crippen LogP contribution in [0, 0.1) is 18.6 Å². The summed E-state index contributed by atoms with van der Waals surface area (Å²) in [5, 5.41) is 0. The van der Waals surface area contributed by atoms with E-state index in [1.807, 2.05) is 0 Å². The van der Waals surface area contributed by atoms with Crippen LogP contribution in [0.2, 0.25) is 0 Å². The molecule has 0 spiro atoms. The maximum absolute atomic E-state index is 13.4. The number of benzene rings is 2. The van der Waals surface area contributed by atoms with Gasteiger partial charge in [0.25, 0.3) is 0 Å². The number of ether oxygens (including phenoxy) is 1. The number of hydrogen-bond acceptors (Lipinski definition) is 1. The van der Waals surface area contributed by atoms with E-state index in [0.29, 0.717) is 0 Å². The van der Waals surface area contributed by atoms with Crippen LogP contribution in [-0.2, 0) is 12.8 Å². The van der Waals surface area contributed by atoms with E-state index in [4.69, 9.17) is 4.74 Å². The Morgan fingerprint density at radius 2 is 1.71 bits per heavy atom. The molecule has 0 aliphatic carbocycles. The molecule has 0 unspecified atom stereocenters. The summed E-state index contributed by atoms with van der Waals surface area (Å²) in [6.07, 6.45) is -4.42. The van der Waals surface area contributed by atoms with Gasteiger partial charge in [0.1, 0.15) is 24.0 Å². The average molecular weight is 302 g/mol. The zero-order chi connectivity index (χ0) is 15.6. The highest BCUT2D eigenvalue weighted by Gasteiger charge is 2.30. The third-order valence-electron chi connectivity index (χ3n) is 2.90. The fraction of sp³-hybridized carbons (Fsp3) is 0.200. The Morgan fingerprint density at radius 3 is 2.29 bits per heavy atom. The molecule has 0 aromatic heterocycles. The van der Waals surface area contributed by atoms with Crippen molar-refractivity contribution in [3.05, 3.63) is 64.7 Å². The standard InChI is InChI=1S/C15H11F5O/c1-9-6-11(15(18,19)20)3-5-14(9)21-8-10-2-4-12(16)7-13(10)17/h2-7H,8H2,1H3. The van der Waals surface area contributed by atoms with Crippen molar-refractivity contribution in [3.63, 3.8) is 0 Å². The lowest BCUT2D eigenvalue weighted by molar-refractivity contribution is -0.137. The van der Waals surface area contributed by atoms with Gasteiger partial charge < -0.3 is 4.74 Å². The Morgan fingerprint density at radius 1 is 1.00 bits per heavy atom. The maximum Gasteiger partial charge on any atom is 0.416 e. The number of rotatable bonds is 3. The van der Waals surface area contributed by atoms with Crippen molar-refractivity contribution >= 4 is 0 Å². The monoisotopic (exact) mass is 302 g/mol. The van der Waals surface area contributed by atoms with Crippen LogP contribution >= 0.6 is 0 Å². The van der Waals surface area contributed by atoms with Gasteiger partial charge in [-0.05, 0) is 42.8 Å². The molecule has 2 aromatic rings. The van der Waals surface area contributed by atoms with Gasteiger partial charge in [0, 0.05) is 11.6 Å². The molecule has 0 saturated heterocycles. The lowest BCUT2D eigenvalue weighted by atomic mass is 10.1. The first-order valence-electron chi connectivity index (χ1n) is 6.02. The summed E-state index contributed by atoms with van der Waals surface area (Å²) in [5.74, 6) is -1.26. The van der Waals surface area contributed by atoms with Crippen molar-refractivity contribution in [2.75, 3.05) is 0 Å². The quantitative estimate of drug-likeness (QED) is 0.735. The van der Waals surface area contributed by atoms with E-state index < -0.39 is 23.4 Å². The fourth-order valence-corrected chi connectivity index (χ4v) is 1.78. The molecule has 0 aliphatic rings. The molecule has 0 aliphatic heterocycles. The van der Waals surface area contributed by atoms with Crippen LogP contribution < -0.4 is 4.74 Å². The van der Waals surface area contributed by atoms with Crippen LogP contribution in [0.15, 0.2) is 36.4 Å². The van der Waals surface area contributed by atoms with Gasteiger partial charge in [-0.3, -0.25) is 0 Å². The van der Waals surface area contributed by atoms with Gasteiger partial charge in [-0.1, -0.05) is 0 Å². The second-order valence-electron chi connectivity index (χ2n) is 4.50. The number of alkyl halides is 3. The molecule has 0 N–H and O–H groups in total. The van der Waals surface area contributed by atoms with E-state index in [1.165, 1.54) is 19.1 Å². The van der Waals surface area contributed by atoms with Crippen LogP contribution in [0.3, 0.4) is 0 Å².